The van der Waals surface area contributed by atoms with Crippen LogP contribution in [-0.4, -0.2) is 4.98 Å². The number of nitrogens with two attached hydrogens (primary N) is 1. The average Bonchev–Trinajstić information content (AvgIpc) is 2.26. The Morgan fingerprint density at radius 1 is 1.64 bits per heavy atom. The maximum atomic E-state index is 8.88. The van der Waals surface area contributed by atoms with E-state index in [1.54, 1.807) is 12.4 Å². The summed E-state index contributed by atoms with van der Waals surface area (Å²) in [5, 5.41) is 8.88. The van der Waals surface area contributed by atoms with Crippen molar-refractivity contribution in [3.8, 4) is 6.07 Å². The van der Waals surface area contributed by atoms with Crippen LogP contribution in [0.4, 0.5) is 0 Å². The van der Waals surface area contributed by atoms with Crippen molar-refractivity contribution < 1.29 is 0 Å². The maximum absolute atomic E-state index is 8.88. The summed E-state index contributed by atoms with van der Waals surface area (Å²) in [4.78, 5) is 3.96. The molecule has 0 bridgehead atoms. The lowest BCUT2D eigenvalue weighted by Gasteiger charge is -2.03. The molecular formula is C11H13N3. The van der Waals surface area contributed by atoms with Crippen molar-refractivity contribution in [2.45, 2.75) is 19.8 Å². The summed E-state index contributed by atoms with van der Waals surface area (Å²) >= 11 is 0. The summed E-state index contributed by atoms with van der Waals surface area (Å²) in [6, 6.07) is 5.79. The number of hydrogen-bond donors (Lipinski definition) is 1. The molecule has 0 atom stereocenters. The van der Waals surface area contributed by atoms with Crippen LogP contribution in [0.3, 0.4) is 0 Å². The minimum absolute atomic E-state index is 0.544. The van der Waals surface area contributed by atoms with Crippen molar-refractivity contribution in [3.05, 3.63) is 35.7 Å². The zero-order valence-electron chi connectivity index (χ0n) is 8.20. The monoisotopic (exact) mass is 187 g/mol. The molecular weight excluding hydrogens is 174 g/mol. The summed E-state index contributed by atoms with van der Waals surface area (Å²) in [6.07, 6.45) is 4.99. The molecule has 0 aliphatic carbocycles. The second kappa shape index (κ2) is 5.03. The molecule has 3 heteroatoms. The van der Waals surface area contributed by atoms with Crippen molar-refractivity contribution in [1.82, 2.24) is 4.98 Å². The van der Waals surface area contributed by atoms with Crippen molar-refractivity contribution >= 4 is 5.70 Å². The van der Waals surface area contributed by atoms with E-state index in [1.807, 2.05) is 19.1 Å². The number of allylic oxidation sites excluding steroid dienone is 1. The van der Waals surface area contributed by atoms with Gasteiger partial charge < -0.3 is 5.73 Å². The van der Waals surface area contributed by atoms with Crippen LogP contribution in [0, 0.1) is 11.3 Å². The number of rotatable bonds is 3. The van der Waals surface area contributed by atoms with Gasteiger partial charge in [0.15, 0.2) is 0 Å². The van der Waals surface area contributed by atoms with Gasteiger partial charge in [0.1, 0.15) is 0 Å². The minimum Gasteiger partial charge on any atom is -0.397 e. The summed E-state index contributed by atoms with van der Waals surface area (Å²) in [5.74, 6) is 0. The number of aromatic nitrogens is 1. The zero-order chi connectivity index (χ0) is 10.4. The van der Waals surface area contributed by atoms with Crippen LogP contribution in [0.1, 0.15) is 25.3 Å². The Hall–Kier alpha value is -1.82. The van der Waals surface area contributed by atoms with Gasteiger partial charge in [0, 0.05) is 18.0 Å². The van der Waals surface area contributed by atoms with E-state index < -0.39 is 0 Å². The van der Waals surface area contributed by atoms with Crippen molar-refractivity contribution in [3.63, 3.8) is 0 Å². The lowest BCUT2D eigenvalue weighted by Crippen LogP contribution is -2.01. The first kappa shape index (κ1) is 10.3. The lowest BCUT2D eigenvalue weighted by atomic mass is 10.1. The van der Waals surface area contributed by atoms with E-state index >= 15 is 0 Å². The van der Waals surface area contributed by atoms with Gasteiger partial charge in [-0.2, -0.15) is 5.26 Å². The Bertz CT molecular complexity index is 360. The Morgan fingerprint density at radius 3 is 2.93 bits per heavy atom. The van der Waals surface area contributed by atoms with Crippen LogP contribution in [0.5, 0.6) is 0 Å². The molecule has 0 aliphatic rings. The number of nitriles is 1. The molecule has 0 saturated heterocycles. The fourth-order valence-electron chi connectivity index (χ4n) is 1.20. The molecule has 1 heterocycles. The molecule has 0 fully saturated rings. The summed E-state index contributed by atoms with van der Waals surface area (Å²) in [5.41, 5.74) is 7.85. The molecule has 72 valence electrons. The molecule has 0 aromatic carbocycles. The van der Waals surface area contributed by atoms with Gasteiger partial charge in [-0.25, -0.2) is 0 Å². The predicted octanol–water partition coefficient (Wildman–Crippen LogP) is 2.08. The Kier molecular flexibility index (Phi) is 3.69. The third kappa shape index (κ3) is 2.33. The van der Waals surface area contributed by atoms with E-state index in [4.69, 9.17) is 11.0 Å². The van der Waals surface area contributed by atoms with Gasteiger partial charge in [-0.3, -0.25) is 4.98 Å². The van der Waals surface area contributed by atoms with E-state index in [0.29, 0.717) is 11.3 Å². The molecule has 0 amide bonds. The molecule has 3 nitrogen and oxygen atoms in total. The Morgan fingerprint density at radius 2 is 2.43 bits per heavy atom. The van der Waals surface area contributed by atoms with Crippen molar-refractivity contribution in [2.75, 3.05) is 0 Å². The van der Waals surface area contributed by atoms with Crippen molar-refractivity contribution in [1.29, 1.82) is 5.26 Å². The normalized spacial score (nSPS) is 11.7. The summed E-state index contributed by atoms with van der Waals surface area (Å²) in [6.45, 7) is 2.02. The van der Waals surface area contributed by atoms with E-state index in [0.717, 1.165) is 18.4 Å². The Labute approximate surface area is 83.9 Å². The molecule has 1 rings (SSSR count). The molecule has 1 aromatic heterocycles. The van der Waals surface area contributed by atoms with Crippen LogP contribution < -0.4 is 5.73 Å². The second-order valence-corrected chi connectivity index (χ2v) is 3.00. The van der Waals surface area contributed by atoms with Gasteiger partial charge in [-0.05, 0) is 18.6 Å². The molecule has 14 heavy (non-hydrogen) atoms. The van der Waals surface area contributed by atoms with Gasteiger partial charge in [0.05, 0.1) is 17.3 Å². The van der Waals surface area contributed by atoms with E-state index in [-0.39, 0.29) is 0 Å². The first-order chi connectivity index (χ1) is 6.79. The van der Waals surface area contributed by atoms with E-state index in [9.17, 15) is 0 Å². The summed E-state index contributed by atoms with van der Waals surface area (Å²) < 4.78 is 0. The minimum atomic E-state index is 0.544. The molecule has 0 aliphatic heterocycles. The molecule has 1 aromatic rings. The first-order valence-corrected chi connectivity index (χ1v) is 4.58. The summed E-state index contributed by atoms with van der Waals surface area (Å²) in [7, 11) is 0. The van der Waals surface area contributed by atoms with Crippen LogP contribution in [0.15, 0.2) is 30.1 Å². The SMILES string of the molecule is CCC/C(C#N)=C(/N)c1cccnc1. The topological polar surface area (TPSA) is 62.7 Å². The van der Waals surface area contributed by atoms with Crippen LogP contribution in [-0.2, 0) is 0 Å². The van der Waals surface area contributed by atoms with E-state index in [2.05, 4.69) is 11.1 Å². The van der Waals surface area contributed by atoms with Gasteiger partial charge in [0.25, 0.3) is 0 Å². The second-order valence-electron chi connectivity index (χ2n) is 3.00. The standard InChI is InChI=1S/C11H13N3/c1-2-4-9(7-12)11(13)10-5-3-6-14-8-10/h3,5-6,8H,2,4,13H2,1H3/b11-9-. The highest BCUT2D eigenvalue weighted by molar-refractivity contribution is 5.68. The smallest absolute Gasteiger partial charge is 0.0968 e. The quantitative estimate of drug-likeness (QED) is 0.737. The third-order valence-electron chi connectivity index (χ3n) is 1.93. The highest BCUT2D eigenvalue weighted by Crippen LogP contribution is 2.15. The largest absolute Gasteiger partial charge is 0.397 e. The van der Waals surface area contributed by atoms with Gasteiger partial charge in [-0.15, -0.1) is 0 Å². The fourth-order valence-corrected chi connectivity index (χ4v) is 1.20. The molecule has 0 spiro atoms. The average molecular weight is 187 g/mol. The number of nitrogens with zero attached hydrogens (tertiary/aromatic N) is 2. The van der Waals surface area contributed by atoms with Gasteiger partial charge in [-0.1, -0.05) is 13.3 Å². The number of pyridine rings is 1. The molecule has 0 unspecified atom stereocenters. The van der Waals surface area contributed by atoms with Gasteiger partial charge >= 0.3 is 0 Å². The number of hydrogen-bond acceptors (Lipinski definition) is 3. The van der Waals surface area contributed by atoms with Crippen LogP contribution >= 0.6 is 0 Å². The first-order valence-electron chi connectivity index (χ1n) is 4.58. The van der Waals surface area contributed by atoms with Crippen molar-refractivity contribution in [2.24, 2.45) is 5.73 Å². The third-order valence-corrected chi connectivity index (χ3v) is 1.93. The Balaban J connectivity index is 3.03. The van der Waals surface area contributed by atoms with E-state index in [1.165, 1.54) is 0 Å². The maximum Gasteiger partial charge on any atom is 0.0968 e. The zero-order valence-corrected chi connectivity index (χ0v) is 8.20. The molecule has 2 N–H and O–H groups in total. The highest BCUT2D eigenvalue weighted by atomic mass is 14.6. The fraction of sp³-hybridized carbons (Fsp3) is 0.273. The lowest BCUT2D eigenvalue weighted by molar-refractivity contribution is 0.928. The van der Waals surface area contributed by atoms with Crippen LogP contribution in [0.25, 0.3) is 5.70 Å². The molecule has 0 saturated carbocycles. The van der Waals surface area contributed by atoms with Crippen LogP contribution in [0.2, 0.25) is 0 Å². The molecule has 0 radical (unpaired) electrons. The van der Waals surface area contributed by atoms with Gasteiger partial charge in [0.2, 0.25) is 0 Å². The highest BCUT2D eigenvalue weighted by Gasteiger charge is 2.03. The predicted molar refractivity (Wildman–Crippen MR) is 55.9 cm³/mol.